The Morgan fingerprint density at radius 3 is 2.43 bits per heavy atom. The molecule has 23 heavy (non-hydrogen) atoms. The third-order valence-corrected chi connectivity index (χ3v) is 3.25. The second-order valence-corrected chi connectivity index (χ2v) is 4.83. The second-order valence-electron chi connectivity index (χ2n) is 4.83. The van der Waals surface area contributed by atoms with Crippen molar-refractivity contribution in [2.75, 3.05) is 13.7 Å². The van der Waals surface area contributed by atoms with Gasteiger partial charge in [-0.05, 0) is 47.9 Å². The van der Waals surface area contributed by atoms with E-state index in [0.717, 1.165) is 16.7 Å². The van der Waals surface area contributed by atoms with Gasteiger partial charge in [-0.1, -0.05) is 24.3 Å². The number of methoxy groups -OCH3 is 1. The number of esters is 1. The van der Waals surface area contributed by atoms with E-state index in [1.165, 1.54) is 25.3 Å². The fourth-order valence-corrected chi connectivity index (χ4v) is 2.00. The van der Waals surface area contributed by atoms with Crippen molar-refractivity contribution in [3.05, 3.63) is 65.7 Å². The molecule has 1 N–H and O–H groups in total. The van der Waals surface area contributed by atoms with Crippen molar-refractivity contribution in [3.8, 4) is 16.9 Å². The van der Waals surface area contributed by atoms with Crippen LogP contribution in [0.25, 0.3) is 11.1 Å². The molecule has 0 saturated carbocycles. The number of hydrogen-bond acceptors (Lipinski definition) is 4. The van der Waals surface area contributed by atoms with Crippen LogP contribution in [0.4, 0.5) is 4.39 Å². The monoisotopic (exact) mass is 316 g/mol. The molecular formula is C18H17FO4. The van der Waals surface area contributed by atoms with E-state index >= 15 is 0 Å². The first-order chi connectivity index (χ1) is 11.0. The first-order valence-corrected chi connectivity index (χ1v) is 6.99. The highest BCUT2D eigenvalue weighted by molar-refractivity contribution is 5.86. The molecule has 0 amide bonds. The Bertz CT molecular complexity index is 720. The lowest BCUT2D eigenvalue weighted by Gasteiger charge is -2.12. The highest BCUT2D eigenvalue weighted by atomic mass is 19.1. The first-order valence-electron chi connectivity index (χ1n) is 6.99. The van der Waals surface area contributed by atoms with Crippen LogP contribution < -0.4 is 4.74 Å². The Morgan fingerprint density at radius 1 is 1.17 bits per heavy atom. The SMILES string of the molecule is COC(=O)/C(=C/CO)Oc1cc(-c2ccc(F)cc2)ccc1C. The molecule has 5 heteroatoms. The van der Waals surface area contributed by atoms with Crippen molar-refractivity contribution in [3.63, 3.8) is 0 Å². The molecule has 0 aliphatic carbocycles. The van der Waals surface area contributed by atoms with Crippen LogP contribution in [0.2, 0.25) is 0 Å². The van der Waals surface area contributed by atoms with E-state index in [9.17, 15) is 9.18 Å². The van der Waals surface area contributed by atoms with Gasteiger partial charge in [-0.15, -0.1) is 0 Å². The van der Waals surface area contributed by atoms with Crippen molar-refractivity contribution >= 4 is 5.97 Å². The average molecular weight is 316 g/mol. The summed E-state index contributed by atoms with van der Waals surface area (Å²) in [6, 6.07) is 11.5. The lowest BCUT2D eigenvalue weighted by molar-refractivity contribution is -0.138. The molecule has 0 aliphatic heterocycles. The molecule has 0 atom stereocenters. The fraction of sp³-hybridized carbons (Fsp3) is 0.167. The molecule has 2 aromatic carbocycles. The number of aryl methyl sites for hydroxylation is 1. The standard InChI is InChI=1S/C18H17FO4/c1-12-3-4-14(13-5-7-15(19)8-6-13)11-17(12)23-16(9-10-20)18(21)22-2/h3-9,11,20H,10H2,1-2H3/b16-9-. The van der Waals surface area contributed by atoms with Gasteiger partial charge in [0.05, 0.1) is 13.7 Å². The van der Waals surface area contributed by atoms with E-state index in [-0.39, 0.29) is 18.2 Å². The maximum atomic E-state index is 13.0. The Kier molecular flexibility index (Phi) is 5.49. The third kappa shape index (κ3) is 4.17. The average Bonchev–Trinajstić information content (AvgIpc) is 2.56. The van der Waals surface area contributed by atoms with Gasteiger partial charge in [-0.3, -0.25) is 0 Å². The number of ether oxygens (including phenoxy) is 2. The summed E-state index contributed by atoms with van der Waals surface area (Å²) in [4.78, 5) is 11.6. The number of aliphatic hydroxyl groups is 1. The van der Waals surface area contributed by atoms with Gasteiger partial charge in [-0.2, -0.15) is 0 Å². The zero-order valence-electron chi connectivity index (χ0n) is 12.9. The molecule has 0 fully saturated rings. The van der Waals surface area contributed by atoms with Crippen LogP contribution in [-0.2, 0) is 9.53 Å². The molecule has 0 unspecified atom stereocenters. The molecular weight excluding hydrogens is 299 g/mol. The number of hydrogen-bond donors (Lipinski definition) is 1. The van der Waals surface area contributed by atoms with E-state index in [0.29, 0.717) is 5.75 Å². The maximum Gasteiger partial charge on any atom is 0.373 e. The van der Waals surface area contributed by atoms with E-state index in [1.54, 1.807) is 18.2 Å². The normalized spacial score (nSPS) is 11.2. The Balaban J connectivity index is 2.35. The molecule has 2 rings (SSSR count). The Hall–Kier alpha value is -2.66. The summed E-state index contributed by atoms with van der Waals surface area (Å²) in [7, 11) is 1.23. The largest absolute Gasteiger partial charge is 0.463 e. The number of aliphatic hydroxyl groups excluding tert-OH is 1. The summed E-state index contributed by atoms with van der Waals surface area (Å²) in [6.45, 7) is 1.48. The van der Waals surface area contributed by atoms with Crippen LogP contribution in [0, 0.1) is 12.7 Å². The van der Waals surface area contributed by atoms with Crippen molar-refractivity contribution in [2.45, 2.75) is 6.92 Å². The van der Waals surface area contributed by atoms with Gasteiger partial charge in [0.2, 0.25) is 5.76 Å². The summed E-state index contributed by atoms with van der Waals surface area (Å²) in [6.07, 6.45) is 1.23. The van der Waals surface area contributed by atoms with E-state index in [2.05, 4.69) is 4.74 Å². The Labute approximate surface area is 133 Å². The summed E-state index contributed by atoms with van der Waals surface area (Å²) in [5.74, 6) is -0.617. The quantitative estimate of drug-likeness (QED) is 0.523. The molecule has 0 aliphatic rings. The van der Waals surface area contributed by atoms with Crippen LogP contribution >= 0.6 is 0 Å². The summed E-state index contributed by atoms with van der Waals surface area (Å²) >= 11 is 0. The molecule has 0 radical (unpaired) electrons. The minimum Gasteiger partial charge on any atom is -0.463 e. The van der Waals surface area contributed by atoms with Gasteiger partial charge in [0.25, 0.3) is 0 Å². The lowest BCUT2D eigenvalue weighted by atomic mass is 10.0. The predicted molar refractivity (Wildman–Crippen MR) is 84.4 cm³/mol. The number of carbonyl (C=O) groups is 1. The highest BCUT2D eigenvalue weighted by Gasteiger charge is 2.14. The molecule has 0 saturated heterocycles. The lowest BCUT2D eigenvalue weighted by Crippen LogP contribution is -2.12. The molecule has 2 aromatic rings. The summed E-state index contributed by atoms with van der Waals surface area (Å²) in [5.41, 5.74) is 2.45. The number of carbonyl (C=O) groups excluding carboxylic acids is 1. The first kappa shape index (κ1) is 16.7. The van der Waals surface area contributed by atoms with Gasteiger partial charge < -0.3 is 14.6 Å². The van der Waals surface area contributed by atoms with Crippen molar-refractivity contribution in [2.24, 2.45) is 0 Å². The number of benzene rings is 2. The molecule has 0 aromatic heterocycles. The van der Waals surface area contributed by atoms with Crippen LogP contribution in [0.15, 0.2) is 54.3 Å². The summed E-state index contributed by atoms with van der Waals surface area (Å²) in [5, 5.41) is 8.99. The highest BCUT2D eigenvalue weighted by Crippen LogP contribution is 2.28. The predicted octanol–water partition coefficient (Wildman–Crippen LogP) is 3.23. The Morgan fingerprint density at radius 2 is 1.83 bits per heavy atom. The third-order valence-electron chi connectivity index (χ3n) is 3.25. The van der Waals surface area contributed by atoms with Gasteiger partial charge in [0, 0.05) is 0 Å². The van der Waals surface area contributed by atoms with E-state index in [4.69, 9.17) is 9.84 Å². The minimum absolute atomic E-state index is 0.0886. The molecule has 4 nitrogen and oxygen atoms in total. The zero-order valence-corrected chi connectivity index (χ0v) is 12.9. The molecule has 0 heterocycles. The van der Waals surface area contributed by atoms with Gasteiger partial charge in [0.1, 0.15) is 11.6 Å². The van der Waals surface area contributed by atoms with Gasteiger partial charge >= 0.3 is 5.97 Å². The van der Waals surface area contributed by atoms with Gasteiger partial charge in [0.15, 0.2) is 0 Å². The minimum atomic E-state index is -0.675. The maximum absolute atomic E-state index is 13.0. The van der Waals surface area contributed by atoms with Gasteiger partial charge in [-0.25, -0.2) is 9.18 Å². The van der Waals surface area contributed by atoms with E-state index in [1.807, 2.05) is 19.1 Å². The molecule has 0 spiro atoms. The van der Waals surface area contributed by atoms with Crippen LogP contribution in [-0.4, -0.2) is 24.8 Å². The van der Waals surface area contributed by atoms with Crippen molar-refractivity contribution in [1.29, 1.82) is 0 Å². The van der Waals surface area contributed by atoms with Crippen LogP contribution in [0.1, 0.15) is 5.56 Å². The zero-order chi connectivity index (χ0) is 16.8. The summed E-state index contributed by atoms with van der Waals surface area (Å²) < 4.78 is 23.2. The second kappa shape index (κ2) is 7.56. The molecule has 120 valence electrons. The smallest absolute Gasteiger partial charge is 0.373 e. The topological polar surface area (TPSA) is 55.8 Å². The number of rotatable bonds is 5. The number of halogens is 1. The van der Waals surface area contributed by atoms with E-state index < -0.39 is 5.97 Å². The molecule has 0 bridgehead atoms. The van der Waals surface area contributed by atoms with Crippen LogP contribution in [0.3, 0.4) is 0 Å². The van der Waals surface area contributed by atoms with Crippen molar-refractivity contribution in [1.82, 2.24) is 0 Å². The van der Waals surface area contributed by atoms with Crippen LogP contribution in [0.5, 0.6) is 5.75 Å². The fourth-order valence-electron chi connectivity index (χ4n) is 2.00. The van der Waals surface area contributed by atoms with Crippen molar-refractivity contribution < 1.29 is 23.8 Å².